The molecule has 21 heavy (non-hydrogen) atoms. The highest BCUT2D eigenvalue weighted by atomic mass is 16.1. The fraction of sp³-hybridized carbons (Fsp3) is 0.125. The van der Waals surface area contributed by atoms with Crippen LogP contribution in [0.1, 0.15) is 11.1 Å². The number of pyridine rings is 1. The van der Waals surface area contributed by atoms with Crippen LogP contribution in [-0.4, -0.2) is 15.2 Å². The molecule has 4 N–H and O–H groups in total. The van der Waals surface area contributed by atoms with Crippen molar-refractivity contribution in [3.05, 3.63) is 58.0 Å². The summed E-state index contributed by atoms with van der Waals surface area (Å²) in [5, 5.41) is 7.01. The molecular formula is C16H16N4O. The quantitative estimate of drug-likeness (QED) is 0.674. The summed E-state index contributed by atoms with van der Waals surface area (Å²) in [6.07, 6.45) is 1.61. The van der Waals surface area contributed by atoms with Gasteiger partial charge in [-0.05, 0) is 36.6 Å². The van der Waals surface area contributed by atoms with Gasteiger partial charge < -0.3 is 10.7 Å². The zero-order valence-electron chi connectivity index (χ0n) is 11.9. The summed E-state index contributed by atoms with van der Waals surface area (Å²) in [6, 6.07) is 9.49. The van der Waals surface area contributed by atoms with E-state index in [0.29, 0.717) is 5.82 Å². The largest absolute Gasteiger partial charge is 0.382 e. The van der Waals surface area contributed by atoms with E-state index in [-0.39, 0.29) is 5.56 Å². The molecule has 3 rings (SSSR count). The summed E-state index contributed by atoms with van der Waals surface area (Å²) < 4.78 is 0. The van der Waals surface area contributed by atoms with Crippen molar-refractivity contribution in [3.63, 3.8) is 0 Å². The Bertz CT molecular complexity index is 861. The number of aryl methyl sites for hydroxylation is 2. The Morgan fingerprint density at radius 2 is 1.86 bits per heavy atom. The van der Waals surface area contributed by atoms with Gasteiger partial charge in [0.2, 0.25) is 5.56 Å². The van der Waals surface area contributed by atoms with Gasteiger partial charge in [-0.25, -0.2) is 0 Å². The second kappa shape index (κ2) is 4.94. The van der Waals surface area contributed by atoms with Gasteiger partial charge in [0, 0.05) is 17.8 Å². The van der Waals surface area contributed by atoms with Gasteiger partial charge in [-0.3, -0.25) is 9.89 Å². The van der Waals surface area contributed by atoms with Crippen LogP contribution in [0.25, 0.3) is 22.4 Å². The van der Waals surface area contributed by atoms with Crippen molar-refractivity contribution in [2.24, 2.45) is 0 Å². The maximum atomic E-state index is 11.5. The normalized spacial score (nSPS) is 10.8. The van der Waals surface area contributed by atoms with Crippen LogP contribution in [0, 0.1) is 13.8 Å². The van der Waals surface area contributed by atoms with E-state index in [2.05, 4.69) is 41.2 Å². The highest BCUT2D eigenvalue weighted by Gasteiger charge is 2.15. The summed E-state index contributed by atoms with van der Waals surface area (Å²) in [5.41, 5.74) is 11.6. The van der Waals surface area contributed by atoms with Crippen LogP contribution >= 0.6 is 0 Å². The lowest BCUT2D eigenvalue weighted by Crippen LogP contribution is -2.02. The minimum Gasteiger partial charge on any atom is -0.382 e. The molecule has 0 aliphatic carbocycles. The minimum atomic E-state index is -0.160. The molecular weight excluding hydrogens is 264 g/mol. The molecule has 0 spiro atoms. The van der Waals surface area contributed by atoms with Crippen molar-refractivity contribution in [1.82, 2.24) is 15.2 Å². The van der Waals surface area contributed by atoms with Crippen molar-refractivity contribution >= 4 is 5.82 Å². The first kappa shape index (κ1) is 13.2. The lowest BCUT2D eigenvalue weighted by molar-refractivity contribution is 1.10. The smallest absolute Gasteiger partial charge is 0.248 e. The first-order valence-electron chi connectivity index (χ1n) is 6.67. The SMILES string of the molecule is Cc1ccc(-c2c(N)n[nH]c2-c2cc[nH]c(=O)c2)cc1C. The average Bonchev–Trinajstić information content (AvgIpc) is 2.84. The number of nitrogens with one attached hydrogen (secondary N) is 2. The molecule has 5 heteroatoms. The zero-order valence-corrected chi connectivity index (χ0v) is 11.9. The van der Waals surface area contributed by atoms with Crippen molar-refractivity contribution < 1.29 is 0 Å². The maximum absolute atomic E-state index is 11.5. The Morgan fingerprint density at radius 1 is 1.05 bits per heavy atom. The van der Waals surface area contributed by atoms with Crippen LogP contribution < -0.4 is 11.3 Å². The van der Waals surface area contributed by atoms with Crippen LogP contribution in [-0.2, 0) is 0 Å². The number of aromatic amines is 2. The molecule has 0 atom stereocenters. The number of hydrogen-bond acceptors (Lipinski definition) is 3. The van der Waals surface area contributed by atoms with E-state index in [1.807, 2.05) is 12.1 Å². The summed E-state index contributed by atoms with van der Waals surface area (Å²) >= 11 is 0. The van der Waals surface area contributed by atoms with Crippen molar-refractivity contribution in [2.45, 2.75) is 13.8 Å². The predicted octanol–water partition coefficient (Wildman–Crippen LogP) is 2.63. The van der Waals surface area contributed by atoms with Crippen LogP contribution in [0.2, 0.25) is 0 Å². The fourth-order valence-corrected chi connectivity index (χ4v) is 2.35. The summed E-state index contributed by atoms with van der Waals surface area (Å²) in [4.78, 5) is 14.1. The van der Waals surface area contributed by atoms with Crippen molar-refractivity contribution in [3.8, 4) is 22.4 Å². The molecule has 1 aromatic carbocycles. The van der Waals surface area contributed by atoms with Gasteiger partial charge in [-0.1, -0.05) is 18.2 Å². The number of aromatic nitrogens is 3. The lowest BCUT2D eigenvalue weighted by Gasteiger charge is -2.07. The van der Waals surface area contributed by atoms with Gasteiger partial charge in [-0.2, -0.15) is 5.10 Å². The molecule has 0 bridgehead atoms. The van der Waals surface area contributed by atoms with Crippen LogP contribution in [0.15, 0.2) is 41.3 Å². The topological polar surface area (TPSA) is 87.6 Å². The molecule has 0 aliphatic rings. The van der Waals surface area contributed by atoms with Crippen LogP contribution in [0.4, 0.5) is 5.82 Å². The summed E-state index contributed by atoms with van der Waals surface area (Å²) in [5.74, 6) is 0.425. The summed E-state index contributed by atoms with van der Waals surface area (Å²) in [7, 11) is 0. The number of H-pyrrole nitrogens is 2. The van der Waals surface area contributed by atoms with E-state index in [1.165, 1.54) is 17.2 Å². The second-order valence-electron chi connectivity index (χ2n) is 5.10. The molecule has 0 radical (unpaired) electrons. The Hall–Kier alpha value is -2.82. The third kappa shape index (κ3) is 2.33. The van der Waals surface area contributed by atoms with E-state index in [1.54, 1.807) is 6.20 Å². The average molecular weight is 280 g/mol. The van der Waals surface area contributed by atoms with E-state index < -0.39 is 0 Å². The van der Waals surface area contributed by atoms with E-state index in [0.717, 1.165) is 22.4 Å². The molecule has 106 valence electrons. The number of nitrogens with zero attached hydrogens (tertiary/aromatic N) is 1. The van der Waals surface area contributed by atoms with E-state index in [4.69, 9.17) is 5.73 Å². The van der Waals surface area contributed by atoms with Gasteiger partial charge in [0.1, 0.15) is 0 Å². The molecule has 2 aromatic heterocycles. The Balaban J connectivity index is 2.21. The Labute approximate surface area is 121 Å². The van der Waals surface area contributed by atoms with E-state index >= 15 is 0 Å². The maximum Gasteiger partial charge on any atom is 0.248 e. The van der Waals surface area contributed by atoms with Crippen molar-refractivity contribution in [1.29, 1.82) is 0 Å². The van der Waals surface area contributed by atoms with E-state index in [9.17, 15) is 4.79 Å². The second-order valence-corrected chi connectivity index (χ2v) is 5.10. The monoisotopic (exact) mass is 280 g/mol. The third-order valence-electron chi connectivity index (χ3n) is 3.65. The molecule has 0 fully saturated rings. The molecule has 0 aliphatic heterocycles. The predicted molar refractivity (Wildman–Crippen MR) is 84.0 cm³/mol. The molecule has 0 amide bonds. The molecule has 0 unspecified atom stereocenters. The molecule has 2 heterocycles. The number of benzene rings is 1. The number of nitrogens with two attached hydrogens (primary N) is 1. The number of hydrogen-bond donors (Lipinski definition) is 3. The Morgan fingerprint density at radius 3 is 2.57 bits per heavy atom. The summed E-state index contributed by atoms with van der Waals surface area (Å²) in [6.45, 7) is 4.12. The highest BCUT2D eigenvalue weighted by molar-refractivity contribution is 5.87. The molecule has 0 saturated carbocycles. The lowest BCUT2D eigenvalue weighted by atomic mass is 9.98. The number of nitrogen functional groups attached to an aromatic ring is 1. The van der Waals surface area contributed by atoms with Gasteiger partial charge in [0.15, 0.2) is 5.82 Å². The standard InChI is InChI=1S/C16H16N4O/c1-9-3-4-11(7-10(9)2)14-15(19-20-16(14)17)12-5-6-18-13(21)8-12/h3-8H,1-2H3,(H,18,21)(H3,17,19,20). The first-order valence-corrected chi connectivity index (χ1v) is 6.67. The molecule has 5 nitrogen and oxygen atoms in total. The molecule has 3 aromatic rings. The van der Waals surface area contributed by atoms with Gasteiger partial charge >= 0.3 is 0 Å². The van der Waals surface area contributed by atoms with Crippen molar-refractivity contribution in [2.75, 3.05) is 5.73 Å². The van der Waals surface area contributed by atoms with Gasteiger partial charge in [0.05, 0.1) is 11.3 Å². The number of rotatable bonds is 2. The van der Waals surface area contributed by atoms with Gasteiger partial charge in [-0.15, -0.1) is 0 Å². The first-order chi connectivity index (χ1) is 10.1. The van der Waals surface area contributed by atoms with Crippen LogP contribution in [0.3, 0.4) is 0 Å². The zero-order chi connectivity index (χ0) is 15.0. The van der Waals surface area contributed by atoms with Gasteiger partial charge in [0.25, 0.3) is 0 Å². The number of anilines is 1. The third-order valence-corrected chi connectivity index (χ3v) is 3.65. The minimum absolute atomic E-state index is 0.160. The van der Waals surface area contributed by atoms with Crippen LogP contribution in [0.5, 0.6) is 0 Å². The highest BCUT2D eigenvalue weighted by Crippen LogP contribution is 2.34. The molecule has 0 saturated heterocycles. The fourth-order valence-electron chi connectivity index (χ4n) is 2.35. The Kier molecular flexibility index (Phi) is 3.10.